The summed E-state index contributed by atoms with van der Waals surface area (Å²) in [7, 11) is 0. The van der Waals surface area contributed by atoms with Crippen LogP contribution in [0.1, 0.15) is 12.7 Å². The van der Waals surface area contributed by atoms with Crippen LogP contribution in [0.25, 0.3) is 11.4 Å². The molecule has 2 aromatic rings. The molecule has 2 heterocycles. The van der Waals surface area contributed by atoms with Crippen molar-refractivity contribution in [3.05, 3.63) is 30.1 Å². The molecule has 1 N–H and O–H groups in total. The smallest absolute Gasteiger partial charge is 0.405 e. The molecule has 9 heteroatoms. The first-order chi connectivity index (χ1) is 11.3. The Bertz CT molecular complexity index is 735. The molecule has 1 aliphatic heterocycles. The van der Waals surface area contributed by atoms with Crippen molar-refractivity contribution in [2.24, 2.45) is 0 Å². The lowest BCUT2D eigenvalue weighted by Crippen LogP contribution is -2.28. The molecule has 1 aliphatic rings. The van der Waals surface area contributed by atoms with Gasteiger partial charge in [-0.1, -0.05) is 12.1 Å². The summed E-state index contributed by atoms with van der Waals surface area (Å²) in [4.78, 5) is 0. The molecule has 0 saturated carbocycles. The van der Waals surface area contributed by atoms with E-state index in [1.807, 2.05) is 6.92 Å². The summed E-state index contributed by atoms with van der Waals surface area (Å²) >= 11 is 1.62. The van der Waals surface area contributed by atoms with E-state index in [0.717, 1.165) is 0 Å². The fourth-order valence-electron chi connectivity index (χ4n) is 2.64. The van der Waals surface area contributed by atoms with Crippen LogP contribution in [0.15, 0.2) is 24.3 Å². The molecule has 0 aliphatic carbocycles. The normalized spacial score (nSPS) is 21.2. The van der Waals surface area contributed by atoms with Gasteiger partial charge in [0.1, 0.15) is 11.6 Å². The molecule has 1 unspecified atom stereocenters. The van der Waals surface area contributed by atoms with Crippen LogP contribution >= 0.6 is 11.8 Å². The highest BCUT2D eigenvalue weighted by molar-refractivity contribution is 8.00. The Kier molecular flexibility index (Phi) is 4.48. The number of hydrogen-bond donors (Lipinski definition) is 1. The van der Waals surface area contributed by atoms with Gasteiger partial charge in [-0.2, -0.15) is 11.8 Å². The lowest BCUT2D eigenvalue weighted by Gasteiger charge is -2.23. The monoisotopic (exact) mass is 359 g/mol. The van der Waals surface area contributed by atoms with E-state index in [-0.39, 0.29) is 22.7 Å². The molecular formula is C15H16F3N3O2S. The molecule has 0 spiro atoms. The third kappa shape index (κ3) is 3.51. The van der Waals surface area contributed by atoms with Gasteiger partial charge in [0.05, 0.1) is 12.2 Å². The number of alkyl halides is 3. The largest absolute Gasteiger partial charge is 0.573 e. The zero-order chi connectivity index (χ0) is 17.4. The van der Waals surface area contributed by atoms with Gasteiger partial charge in [0.15, 0.2) is 5.82 Å². The maximum absolute atomic E-state index is 12.6. The summed E-state index contributed by atoms with van der Waals surface area (Å²) in [5.41, 5.74) is 0.242. The number of aliphatic hydroxyl groups excluding tert-OH is 1. The molecule has 130 valence electrons. The summed E-state index contributed by atoms with van der Waals surface area (Å²) < 4.78 is 43.4. The number of hydrogen-bond acceptors (Lipinski definition) is 5. The van der Waals surface area contributed by atoms with Crippen LogP contribution in [-0.4, -0.2) is 43.3 Å². The Hall–Kier alpha value is -1.74. The molecule has 0 amide bonds. The number of benzene rings is 1. The van der Waals surface area contributed by atoms with E-state index >= 15 is 0 Å². The number of thioether (sulfide) groups is 1. The number of halogens is 3. The molecular weight excluding hydrogens is 343 g/mol. The third-order valence-corrected chi connectivity index (χ3v) is 5.17. The molecule has 5 nitrogen and oxygen atoms in total. The topological polar surface area (TPSA) is 60.2 Å². The molecule has 24 heavy (non-hydrogen) atoms. The second-order valence-corrected chi connectivity index (χ2v) is 7.45. The van der Waals surface area contributed by atoms with Gasteiger partial charge in [0, 0.05) is 23.5 Å². The molecule has 1 aromatic carbocycles. The molecule has 0 bridgehead atoms. The number of rotatable bonds is 3. The lowest BCUT2D eigenvalue weighted by atomic mass is 10.1. The molecule has 1 aromatic heterocycles. The van der Waals surface area contributed by atoms with Crippen LogP contribution in [0.4, 0.5) is 13.2 Å². The van der Waals surface area contributed by atoms with E-state index in [0.29, 0.717) is 30.4 Å². The van der Waals surface area contributed by atoms with Gasteiger partial charge >= 0.3 is 6.36 Å². The van der Waals surface area contributed by atoms with Gasteiger partial charge in [-0.15, -0.1) is 23.4 Å². The van der Waals surface area contributed by atoms with Gasteiger partial charge in [-0.25, -0.2) is 0 Å². The summed E-state index contributed by atoms with van der Waals surface area (Å²) in [5.74, 6) is 1.39. The van der Waals surface area contributed by atoms with Crippen molar-refractivity contribution in [2.75, 3.05) is 12.4 Å². The van der Waals surface area contributed by atoms with Gasteiger partial charge in [0.25, 0.3) is 0 Å². The number of aliphatic hydroxyl groups is 1. The quantitative estimate of drug-likeness (QED) is 0.913. The minimum atomic E-state index is -4.77. The maximum Gasteiger partial charge on any atom is 0.573 e. The first kappa shape index (κ1) is 17.1. The van der Waals surface area contributed by atoms with E-state index in [1.165, 1.54) is 18.2 Å². The first-order valence-corrected chi connectivity index (χ1v) is 8.32. The van der Waals surface area contributed by atoms with Crippen molar-refractivity contribution < 1.29 is 23.0 Å². The van der Waals surface area contributed by atoms with Gasteiger partial charge in [-0.3, -0.25) is 0 Å². The van der Waals surface area contributed by atoms with E-state index in [1.54, 1.807) is 22.4 Å². The van der Waals surface area contributed by atoms with Crippen LogP contribution in [0.5, 0.6) is 5.75 Å². The maximum atomic E-state index is 12.6. The predicted molar refractivity (Wildman–Crippen MR) is 83.8 cm³/mol. The molecule has 0 saturated heterocycles. The lowest BCUT2D eigenvalue weighted by molar-refractivity contribution is -0.274. The third-order valence-electron chi connectivity index (χ3n) is 3.81. The summed E-state index contributed by atoms with van der Waals surface area (Å²) in [6, 6.07) is 5.89. The van der Waals surface area contributed by atoms with Crippen LogP contribution < -0.4 is 4.74 Å². The predicted octanol–water partition coefficient (Wildman–Crippen LogP) is 2.88. The average molecular weight is 359 g/mol. The van der Waals surface area contributed by atoms with Crippen LogP contribution in [0.3, 0.4) is 0 Å². The fourth-order valence-corrected chi connectivity index (χ4v) is 3.72. The number of fused-ring (bicyclic) bond motifs is 1. The summed E-state index contributed by atoms with van der Waals surface area (Å²) in [6.45, 7) is 2.48. The highest BCUT2D eigenvalue weighted by Gasteiger charge is 2.34. The molecule has 3 rings (SSSR count). The Morgan fingerprint density at radius 1 is 1.33 bits per heavy atom. The summed E-state index contributed by atoms with van der Waals surface area (Å²) in [5, 5.41) is 17.8. The van der Waals surface area contributed by atoms with Gasteiger partial charge in [0.2, 0.25) is 0 Å². The van der Waals surface area contributed by atoms with Gasteiger partial charge < -0.3 is 14.4 Å². The van der Waals surface area contributed by atoms with Crippen molar-refractivity contribution in [1.82, 2.24) is 14.8 Å². The number of ether oxygens (including phenoxy) is 1. The first-order valence-electron chi connectivity index (χ1n) is 7.33. The number of aromatic nitrogens is 3. The number of para-hydroxylation sites is 1. The SMILES string of the molecule is CC1(CO)Cc2nnc(-c3ccccc3OC(F)(F)F)n2CCS1. The standard InChI is InChI=1S/C15H16F3N3O2S/c1-14(9-22)8-12-19-20-13(21(12)6-7-24-14)10-4-2-3-5-11(10)23-15(16,17)18/h2-5,22H,6-9H2,1H3. The Morgan fingerprint density at radius 2 is 2.08 bits per heavy atom. The van der Waals surface area contributed by atoms with Crippen molar-refractivity contribution in [3.8, 4) is 17.1 Å². The molecule has 0 fully saturated rings. The molecule has 1 atom stereocenters. The fraction of sp³-hybridized carbons (Fsp3) is 0.467. The highest BCUT2D eigenvalue weighted by Crippen LogP contribution is 2.36. The second kappa shape index (κ2) is 6.29. The van der Waals surface area contributed by atoms with Crippen LogP contribution in [0.2, 0.25) is 0 Å². The Labute approximate surface area is 140 Å². The highest BCUT2D eigenvalue weighted by atomic mass is 32.2. The number of nitrogens with zero attached hydrogens (tertiary/aromatic N) is 3. The molecule has 0 radical (unpaired) electrons. The van der Waals surface area contributed by atoms with E-state index in [9.17, 15) is 18.3 Å². The zero-order valence-electron chi connectivity index (χ0n) is 12.9. The zero-order valence-corrected chi connectivity index (χ0v) is 13.7. The van der Waals surface area contributed by atoms with Crippen molar-refractivity contribution in [3.63, 3.8) is 0 Å². The minimum absolute atomic E-state index is 0.00632. The van der Waals surface area contributed by atoms with E-state index < -0.39 is 6.36 Å². The minimum Gasteiger partial charge on any atom is -0.405 e. The summed E-state index contributed by atoms with van der Waals surface area (Å²) in [6.07, 6.45) is -4.29. The van der Waals surface area contributed by atoms with E-state index in [2.05, 4.69) is 14.9 Å². The second-order valence-electron chi connectivity index (χ2n) is 5.77. The van der Waals surface area contributed by atoms with Crippen molar-refractivity contribution >= 4 is 11.8 Å². The average Bonchev–Trinajstić information content (AvgIpc) is 2.80. The Balaban J connectivity index is 2.01. The van der Waals surface area contributed by atoms with Gasteiger partial charge in [-0.05, 0) is 19.1 Å². The van der Waals surface area contributed by atoms with Crippen molar-refractivity contribution in [2.45, 2.75) is 31.0 Å². The van der Waals surface area contributed by atoms with E-state index in [4.69, 9.17) is 0 Å². The van der Waals surface area contributed by atoms with Crippen LogP contribution in [0, 0.1) is 0 Å². The Morgan fingerprint density at radius 3 is 2.79 bits per heavy atom. The van der Waals surface area contributed by atoms with Crippen LogP contribution in [-0.2, 0) is 13.0 Å². The van der Waals surface area contributed by atoms with Crippen molar-refractivity contribution in [1.29, 1.82) is 0 Å².